The van der Waals surface area contributed by atoms with Gasteiger partial charge in [0.05, 0.1) is 6.20 Å². The lowest BCUT2D eigenvalue weighted by molar-refractivity contribution is 0.0922. The average molecular weight is 222 g/mol. The van der Waals surface area contributed by atoms with E-state index >= 15 is 0 Å². The molecule has 0 unspecified atom stereocenters. The van der Waals surface area contributed by atoms with Gasteiger partial charge in [-0.3, -0.25) is 4.79 Å². The van der Waals surface area contributed by atoms with E-state index in [0.717, 1.165) is 19.0 Å². The molecule has 2 rings (SSSR count). The van der Waals surface area contributed by atoms with Crippen LogP contribution in [0.25, 0.3) is 0 Å². The van der Waals surface area contributed by atoms with Gasteiger partial charge in [-0.15, -0.1) is 0 Å². The van der Waals surface area contributed by atoms with Crippen LogP contribution in [0.2, 0.25) is 0 Å². The molecule has 1 saturated carbocycles. The molecule has 0 aromatic carbocycles. The third-order valence-electron chi connectivity index (χ3n) is 2.90. The number of rotatable bonds is 2. The Morgan fingerprint density at radius 1 is 1.31 bits per heavy atom. The molecule has 1 aromatic heterocycles. The van der Waals surface area contributed by atoms with Gasteiger partial charge in [0, 0.05) is 6.04 Å². The first kappa shape index (κ1) is 11.0. The van der Waals surface area contributed by atoms with Crippen molar-refractivity contribution in [3.05, 3.63) is 29.8 Å². The first-order chi connectivity index (χ1) is 7.75. The van der Waals surface area contributed by atoms with E-state index in [1.54, 1.807) is 0 Å². The van der Waals surface area contributed by atoms with Crippen molar-refractivity contribution in [1.82, 2.24) is 10.3 Å². The van der Waals surface area contributed by atoms with Crippen molar-refractivity contribution in [1.29, 1.82) is 0 Å². The number of hydrogen-bond acceptors (Lipinski definition) is 2. The third kappa shape index (κ3) is 2.78. The van der Waals surface area contributed by atoms with E-state index in [-0.39, 0.29) is 17.6 Å². The number of hydrogen-bond donors (Lipinski definition) is 1. The predicted molar refractivity (Wildman–Crippen MR) is 58.5 cm³/mol. The lowest BCUT2D eigenvalue weighted by Gasteiger charge is -2.22. The van der Waals surface area contributed by atoms with Crippen LogP contribution < -0.4 is 5.32 Å². The molecule has 0 spiro atoms. The zero-order chi connectivity index (χ0) is 11.4. The van der Waals surface area contributed by atoms with E-state index in [0.29, 0.717) is 0 Å². The summed E-state index contributed by atoms with van der Waals surface area (Å²) in [5.74, 6) is -0.624. The van der Waals surface area contributed by atoms with Gasteiger partial charge in [0.15, 0.2) is 0 Å². The van der Waals surface area contributed by atoms with Crippen molar-refractivity contribution in [3.63, 3.8) is 0 Å². The second-order valence-corrected chi connectivity index (χ2v) is 4.17. The number of nitrogens with zero attached hydrogens (tertiary/aromatic N) is 1. The number of carbonyl (C=O) groups is 1. The summed E-state index contributed by atoms with van der Waals surface area (Å²) in [6, 6.07) is 2.92. The largest absolute Gasteiger partial charge is 0.348 e. The Balaban J connectivity index is 1.94. The maximum absolute atomic E-state index is 12.6. The number of amides is 1. The van der Waals surface area contributed by atoms with Crippen LogP contribution in [0.1, 0.15) is 42.6 Å². The molecule has 1 heterocycles. The highest BCUT2D eigenvalue weighted by Crippen LogP contribution is 2.17. The van der Waals surface area contributed by atoms with E-state index in [1.807, 2.05) is 0 Å². The normalized spacial score (nSPS) is 17.1. The monoisotopic (exact) mass is 222 g/mol. The van der Waals surface area contributed by atoms with Gasteiger partial charge in [-0.1, -0.05) is 19.3 Å². The number of nitrogens with one attached hydrogen (secondary N) is 1. The average Bonchev–Trinajstić information content (AvgIpc) is 2.31. The number of aromatic nitrogens is 1. The fourth-order valence-corrected chi connectivity index (χ4v) is 2.02. The molecule has 0 aliphatic heterocycles. The van der Waals surface area contributed by atoms with Crippen LogP contribution in [0, 0.1) is 5.82 Å². The lowest BCUT2D eigenvalue weighted by Crippen LogP contribution is -2.36. The van der Waals surface area contributed by atoms with Crippen molar-refractivity contribution < 1.29 is 9.18 Å². The molecule has 0 bridgehead atoms. The summed E-state index contributed by atoms with van der Waals surface area (Å²) in [6.45, 7) is 0. The minimum Gasteiger partial charge on any atom is -0.348 e. The van der Waals surface area contributed by atoms with E-state index in [9.17, 15) is 9.18 Å². The van der Waals surface area contributed by atoms with Gasteiger partial charge >= 0.3 is 0 Å². The van der Waals surface area contributed by atoms with E-state index < -0.39 is 5.82 Å². The van der Waals surface area contributed by atoms with Gasteiger partial charge in [0.1, 0.15) is 11.5 Å². The Hall–Kier alpha value is -1.45. The molecule has 1 amide bonds. The first-order valence-corrected chi connectivity index (χ1v) is 5.68. The van der Waals surface area contributed by atoms with Crippen LogP contribution in [-0.2, 0) is 0 Å². The van der Waals surface area contributed by atoms with Gasteiger partial charge in [-0.05, 0) is 25.0 Å². The molecule has 1 aromatic rings. The topological polar surface area (TPSA) is 42.0 Å². The van der Waals surface area contributed by atoms with Gasteiger partial charge in [0.25, 0.3) is 5.91 Å². The van der Waals surface area contributed by atoms with Crippen molar-refractivity contribution in [2.75, 3.05) is 0 Å². The Bertz CT molecular complexity index is 358. The summed E-state index contributed by atoms with van der Waals surface area (Å²) in [6.07, 6.45) is 6.72. The van der Waals surface area contributed by atoms with Crippen LogP contribution in [0.3, 0.4) is 0 Å². The van der Waals surface area contributed by atoms with Crippen molar-refractivity contribution in [2.24, 2.45) is 0 Å². The summed E-state index contributed by atoms with van der Waals surface area (Å²) < 4.78 is 12.6. The third-order valence-corrected chi connectivity index (χ3v) is 2.90. The molecule has 16 heavy (non-hydrogen) atoms. The second-order valence-electron chi connectivity index (χ2n) is 4.17. The molecule has 3 nitrogen and oxygen atoms in total. The van der Waals surface area contributed by atoms with Crippen LogP contribution in [0.5, 0.6) is 0 Å². The number of halogens is 1. The molecule has 1 aliphatic rings. The quantitative estimate of drug-likeness (QED) is 0.834. The van der Waals surface area contributed by atoms with Crippen molar-refractivity contribution in [3.8, 4) is 0 Å². The standard InChI is InChI=1S/C12H15FN2O/c13-9-6-7-11(14-8-9)12(16)15-10-4-2-1-3-5-10/h6-8,10H,1-5H2,(H,15,16). The van der Waals surface area contributed by atoms with E-state index in [4.69, 9.17) is 0 Å². The predicted octanol–water partition coefficient (Wildman–Crippen LogP) is 2.28. The summed E-state index contributed by atoms with van der Waals surface area (Å²) in [5, 5.41) is 2.93. The molecule has 86 valence electrons. The minimum atomic E-state index is -0.422. The maximum Gasteiger partial charge on any atom is 0.270 e. The number of carbonyl (C=O) groups excluding carboxylic acids is 1. The molecule has 0 radical (unpaired) electrons. The fraction of sp³-hybridized carbons (Fsp3) is 0.500. The molecule has 4 heteroatoms. The van der Waals surface area contributed by atoms with E-state index in [1.165, 1.54) is 31.4 Å². The highest BCUT2D eigenvalue weighted by molar-refractivity contribution is 5.92. The second kappa shape index (κ2) is 5.05. The van der Waals surface area contributed by atoms with Gasteiger partial charge < -0.3 is 5.32 Å². The Kier molecular flexibility index (Phi) is 3.49. The zero-order valence-electron chi connectivity index (χ0n) is 9.08. The summed E-state index contributed by atoms with van der Waals surface area (Å²) in [4.78, 5) is 15.5. The summed E-state index contributed by atoms with van der Waals surface area (Å²) >= 11 is 0. The Labute approximate surface area is 94.1 Å². The maximum atomic E-state index is 12.6. The Morgan fingerprint density at radius 2 is 2.06 bits per heavy atom. The first-order valence-electron chi connectivity index (χ1n) is 5.68. The van der Waals surface area contributed by atoms with Crippen LogP contribution in [0.15, 0.2) is 18.3 Å². The lowest BCUT2D eigenvalue weighted by atomic mass is 9.95. The smallest absolute Gasteiger partial charge is 0.270 e. The molecule has 0 atom stereocenters. The van der Waals surface area contributed by atoms with Gasteiger partial charge in [0.2, 0.25) is 0 Å². The SMILES string of the molecule is O=C(NC1CCCCC1)c1ccc(F)cn1. The van der Waals surface area contributed by atoms with Crippen LogP contribution in [0.4, 0.5) is 4.39 Å². The highest BCUT2D eigenvalue weighted by atomic mass is 19.1. The summed E-state index contributed by atoms with van der Waals surface area (Å²) in [7, 11) is 0. The molecular weight excluding hydrogens is 207 g/mol. The van der Waals surface area contributed by atoms with Crippen molar-refractivity contribution in [2.45, 2.75) is 38.1 Å². The van der Waals surface area contributed by atoms with E-state index in [2.05, 4.69) is 10.3 Å². The molecule has 1 N–H and O–H groups in total. The van der Waals surface area contributed by atoms with Crippen molar-refractivity contribution >= 4 is 5.91 Å². The minimum absolute atomic E-state index is 0.202. The fourth-order valence-electron chi connectivity index (χ4n) is 2.02. The van der Waals surface area contributed by atoms with Crippen LogP contribution >= 0.6 is 0 Å². The molecule has 1 aliphatic carbocycles. The zero-order valence-corrected chi connectivity index (χ0v) is 9.08. The van der Waals surface area contributed by atoms with Crippen LogP contribution in [-0.4, -0.2) is 16.9 Å². The molecular formula is C12H15FN2O. The molecule has 1 fully saturated rings. The number of pyridine rings is 1. The highest BCUT2D eigenvalue weighted by Gasteiger charge is 2.17. The summed E-state index contributed by atoms with van der Waals surface area (Å²) in [5.41, 5.74) is 0.284. The molecule has 0 saturated heterocycles. The van der Waals surface area contributed by atoms with Gasteiger partial charge in [-0.2, -0.15) is 0 Å². The van der Waals surface area contributed by atoms with Gasteiger partial charge in [-0.25, -0.2) is 9.37 Å². The Morgan fingerprint density at radius 3 is 2.69 bits per heavy atom.